The molecule has 0 radical (unpaired) electrons. The Kier molecular flexibility index (Phi) is 2.17. The zero-order valence-corrected chi connectivity index (χ0v) is 10.7. The summed E-state index contributed by atoms with van der Waals surface area (Å²) in [4.78, 5) is 23.7. The predicted octanol–water partition coefficient (Wildman–Crippen LogP) is 3.06. The molecule has 0 aliphatic heterocycles. The quantitative estimate of drug-likeness (QED) is 0.643. The standard InChI is InChI=1S/C15H20O2/c1-14-8-6-11(16)9-10(14)5-7-15(2)12(14)3-4-13(15)17/h9,12H,3-8H2,1-2H3/t12-,14+,15+/m1/s1. The first-order valence-electron chi connectivity index (χ1n) is 6.74. The van der Waals surface area contributed by atoms with Crippen LogP contribution in [0.1, 0.15) is 52.4 Å². The molecule has 3 aliphatic carbocycles. The van der Waals surface area contributed by atoms with E-state index in [1.54, 1.807) is 0 Å². The number of carbonyl (C=O) groups is 2. The zero-order chi connectivity index (χ0) is 12.3. The summed E-state index contributed by atoms with van der Waals surface area (Å²) in [6.45, 7) is 4.44. The number of Topliss-reactive ketones (excluding diaryl/α,β-unsaturated/α-hetero) is 1. The molecule has 0 unspecified atom stereocenters. The average molecular weight is 232 g/mol. The van der Waals surface area contributed by atoms with Gasteiger partial charge in [-0.2, -0.15) is 0 Å². The first kappa shape index (κ1) is 11.2. The zero-order valence-electron chi connectivity index (χ0n) is 10.7. The van der Waals surface area contributed by atoms with Gasteiger partial charge in [-0.1, -0.05) is 19.4 Å². The van der Waals surface area contributed by atoms with E-state index in [0.29, 0.717) is 18.1 Å². The van der Waals surface area contributed by atoms with Crippen LogP contribution >= 0.6 is 0 Å². The normalized spacial score (nSPS) is 45.3. The molecule has 17 heavy (non-hydrogen) atoms. The molecule has 0 amide bonds. The van der Waals surface area contributed by atoms with Gasteiger partial charge in [0.15, 0.2) is 5.78 Å². The molecule has 92 valence electrons. The Morgan fingerprint density at radius 1 is 1.06 bits per heavy atom. The lowest BCUT2D eigenvalue weighted by atomic mass is 9.52. The Balaban J connectivity index is 2.06. The van der Waals surface area contributed by atoms with Crippen molar-refractivity contribution in [1.82, 2.24) is 0 Å². The fourth-order valence-electron chi connectivity index (χ4n) is 4.53. The first-order valence-corrected chi connectivity index (χ1v) is 6.74. The van der Waals surface area contributed by atoms with E-state index in [2.05, 4.69) is 13.8 Å². The summed E-state index contributed by atoms with van der Waals surface area (Å²) in [6, 6.07) is 0. The molecule has 3 atom stereocenters. The highest BCUT2D eigenvalue weighted by Gasteiger charge is 2.57. The van der Waals surface area contributed by atoms with Gasteiger partial charge in [0.1, 0.15) is 5.78 Å². The van der Waals surface area contributed by atoms with Crippen LogP contribution in [-0.2, 0) is 9.59 Å². The Hall–Kier alpha value is -0.920. The van der Waals surface area contributed by atoms with Crippen molar-refractivity contribution in [2.45, 2.75) is 52.4 Å². The molecule has 2 heteroatoms. The molecule has 2 saturated carbocycles. The van der Waals surface area contributed by atoms with E-state index in [1.807, 2.05) is 6.08 Å². The lowest BCUT2D eigenvalue weighted by Crippen LogP contribution is -2.46. The molecule has 0 saturated heterocycles. The van der Waals surface area contributed by atoms with Crippen LogP contribution in [0, 0.1) is 16.7 Å². The lowest BCUT2D eigenvalue weighted by molar-refractivity contribution is -0.129. The summed E-state index contributed by atoms with van der Waals surface area (Å²) in [5.41, 5.74) is 1.34. The van der Waals surface area contributed by atoms with Crippen molar-refractivity contribution in [3.05, 3.63) is 11.6 Å². The summed E-state index contributed by atoms with van der Waals surface area (Å²) >= 11 is 0. The van der Waals surface area contributed by atoms with Crippen LogP contribution in [0.15, 0.2) is 11.6 Å². The third-order valence-electron chi connectivity index (χ3n) is 5.71. The Morgan fingerprint density at radius 2 is 1.76 bits per heavy atom. The molecule has 0 aromatic carbocycles. The smallest absolute Gasteiger partial charge is 0.155 e. The van der Waals surface area contributed by atoms with Gasteiger partial charge >= 0.3 is 0 Å². The summed E-state index contributed by atoms with van der Waals surface area (Å²) in [6.07, 6.45) is 7.17. The van der Waals surface area contributed by atoms with Crippen LogP contribution < -0.4 is 0 Å². The van der Waals surface area contributed by atoms with Crippen molar-refractivity contribution in [2.75, 3.05) is 0 Å². The van der Waals surface area contributed by atoms with Gasteiger partial charge in [0.05, 0.1) is 0 Å². The van der Waals surface area contributed by atoms with Gasteiger partial charge in [0.25, 0.3) is 0 Å². The van der Waals surface area contributed by atoms with E-state index in [9.17, 15) is 9.59 Å². The van der Waals surface area contributed by atoms with E-state index in [0.717, 1.165) is 32.1 Å². The molecule has 0 N–H and O–H groups in total. The molecule has 0 aromatic heterocycles. The van der Waals surface area contributed by atoms with E-state index < -0.39 is 0 Å². The van der Waals surface area contributed by atoms with Crippen molar-refractivity contribution in [3.63, 3.8) is 0 Å². The maximum absolute atomic E-state index is 12.1. The van der Waals surface area contributed by atoms with Gasteiger partial charge in [-0.3, -0.25) is 9.59 Å². The molecule has 2 fully saturated rings. The summed E-state index contributed by atoms with van der Waals surface area (Å²) in [5.74, 6) is 1.21. The Morgan fingerprint density at radius 3 is 2.53 bits per heavy atom. The van der Waals surface area contributed by atoms with Crippen LogP contribution in [0.4, 0.5) is 0 Å². The molecule has 0 bridgehead atoms. The first-order chi connectivity index (χ1) is 7.97. The minimum Gasteiger partial charge on any atom is -0.299 e. The topological polar surface area (TPSA) is 34.1 Å². The van der Waals surface area contributed by atoms with Crippen molar-refractivity contribution in [2.24, 2.45) is 16.7 Å². The van der Waals surface area contributed by atoms with Crippen LogP contribution in [0.3, 0.4) is 0 Å². The molecule has 2 nitrogen and oxygen atoms in total. The van der Waals surface area contributed by atoms with E-state index >= 15 is 0 Å². The highest BCUT2D eigenvalue weighted by molar-refractivity contribution is 5.92. The molecule has 3 aliphatic rings. The number of hydrogen-bond acceptors (Lipinski definition) is 2. The second kappa shape index (κ2) is 3.30. The van der Waals surface area contributed by atoms with E-state index in [-0.39, 0.29) is 16.6 Å². The van der Waals surface area contributed by atoms with Crippen LogP contribution in [0.5, 0.6) is 0 Å². The number of allylic oxidation sites excluding steroid dienone is 2. The molecule has 0 aromatic rings. The fourth-order valence-corrected chi connectivity index (χ4v) is 4.53. The molecule has 3 rings (SSSR count). The maximum Gasteiger partial charge on any atom is 0.155 e. The SMILES string of the molecule is C[C@]12CCC(=O)C=C1CC[C@]1(C)C(=O)CC[C@H]21. The average Bonchev–Trinajstić information content (AvgIpc) is 2.59. The number of rotatable bonds is 0. The predicted molar refractivity (Wildman–Crippen MR) is 65.5 cm³/mol. The van der Waals surface area contributed by atoms with Crippen molar-refractivity contribution in [3.8, 4) is 0 Å². The van der Waals surface area contributed by atoms with Crippen LogP contribution in [0.25, 0.3) is 0 Å². The molecular weight excluding hydrogens is 212 g/mol. The number of fused-ring (bicyclic) bond motifs is 3. The van der Waals surface area contributed by atoms with Gasteiger partial charge in [-0.15, -0.1) is 0 Å². The molecule has 0 heterocycles. The van der Waals surface area contributed by atoms with Crippen molar-refractivity contribution in [1.29, 1.82) is 0 Å². The van der Waals surface area contributed by atoms with E-state index in [1.165, 1.54) is 5.57 Å². The fraction of sp³-hybridized carbons (Fsp3) is 0.733. The number of carbonyl (C=O) groups excluding carboxylic acids is 2. The highest BCUT2D eigenvalue weighted by Crippen LogP contribution is 2.62. The maximum atomic E-state index is 12.1. The van der Waals surface area contributed by atoms with Gasteiger partial charge in [0.2, 0.25) is 0 Å². The van der Waals surface area contributed by atoms with Crippen LogP contribution in [0.2, 0.25) is 0 Å². The Labute approximate surface area is 102 Å². The van der Waals surface area contributed by atoms with E-state index in [4.69, 9.17) is 0 Å². The second-order valence-corrected chi connectivity index (χ2v) is 6.49. The van der Waals surface area contributed by atoms with Crippen molar-refractivity contribution < 1.29 is 9.59 Å². The number of ketones is 2. The van der Waals surface area contributed by atoms with Gasteiger partial charge in [-0.05, 0) is 43.1 Å². The largest absolute Gasteiger partial charge is 0.299 e. The van der Waals surface area contributed by atoms with Gasteiger partial charge in [-0.25, -0.2) is 0 Å². The Bertz CT molecular complexity index is 434. The second-order valence-electron chi connectivity index (χ2n) is 6.49. The third kappa shape index (κ3) is 1.33. The van der Waals surface area contributed by atoms with Gasteiger partial charge < -0.3 is 0 Å². The molecule has 0 spiro atoms. The number of hydrogen-bond donors (Lipinski definition) is 0. The van der Waals surface area contributed by atoms with Crippen LogP contribution in [-0.4, -0.2) is 11.6 Å². The van der Waals surface area contributed by atoms with Gasteiger partial charge in [0, 0.05) is 18.3 Å². The minimum atomic E-state index is -0.105. The third-order valence-corrected chi connectivity index (χ3v) is 5.71. The summed E-state index contributed by atoms with van der Waals surface area (Å²) in [7, 11) is 0. The molecular formula is C15H20O2. The minimum absolute atomic E-state index is 0.105. The monoisotopic (exact) mass is 232 g/mol. The summed E-state index contributed by atoms with van der Waals surface area (Å²) in [5, 5.41) is 0. The lowest BCUT2D eigenvalue weighted by Gasteiger charge is -2.51. The highest BCUT2D eigenvalue weighted by atomic mass is 16.1. The summed E-state index contributed by atoms with van der Waals surface area (Å²) < 4.78 is 0. The van der Waals surface area contributed by atoms with Crippen molar-refractivity contribution >= 4 is 11.6 Å².